The molecule has 17 heavy (non-hydrogen) atoms. The number of Topliss-reactive ketones (excluding diaryl/α,β-unsaturated/α-hetero) is 1. The van der Waals surface area contributed by atoms with E-state index in [0.29, 0.717) is 10.6 Å². The molecule has 0 unspecified atom stereocenters. The molecule has 0 radical (unpaired) electrons. The van der Waals surface area contributed by atoms with Gasteiger partial charge in [-0.3, -0.25) is 4.79 Å². The lowest BCUT2D eigenvalue weighted by Crippen LogP contribution is -2.04. The Labute approximate surface area is 115 Å². The van der Waals surface area contributed by atoms with Crippen LogP contribution in [0.4, 0.5) is 0 Å². The smallest absolute Gasteiger partial charge is 0.190 e. The Bertz CT molecular complexity index is 465. The minimum Gasteiger partial charge on any atom is -0.289 e. The fraction of sp³-hybridized carbons (Fsp3) is 0.357. The number of rotatable bonds is 2. The van der Waals surface area contributed by atoms with Crippen LogP contribution in [-0.4, -0.2) is 5.78 Å². The third-order valence-corrected chi connectivity index (χ3v) is 4.33. The second kappa shape index (κ2) is 5.83. The largest absolute Gasteiger partial charge is 0.289 e. The molecule has 0 spiro atoms. The van der Waals surface area contributed by atoms with E-state index < -0.39 is 0 Å². The first-order valence-corrected chi connectivity index (χ1v) is 7.05. The molecule has 2 rings (SSSR count). The quantitative estimate of drug-likeness (QED) is 0.688. The van der Waals surface area contributed by atoms with E-state index in [0.717, 1.165) is 29.3 Å². The maximum absolute atomic E-state index is 12.4. The molecule has 1 nitrogen and oxygen atoms in total. The summed E-state index contributed by atoms with van der Waals surface area (Å²) in [4.78, 5) is 12.4. The number of halogens is 2. The van der Waals surface area contributed by atoms with Crippen LogP contribution >= 0.6 is 27.5 Å². The minimum absolute atomic E-state index is 0.0817. The standard InChI is InChI=1S/C14H14BrClO/c15-12-9-5-8-11(13(12)16)14(17)10-6-3-1-2-4-7-10/h5-6,8-9H,1-4,7H2. The Balaban J connectivity index is 2.30. The Morgan fingerprint density at radius 2 is 2.06 bits per heavy atom. The Kier molecular flexibility index (Phi) is 4.41. The number of ketones is 1. The van der Waals surface area contributed by atoms with Gasteiger partial charge in [-0.15, -0.1) is 0 Å². The highest BCUT2D eigenvalue weighted by Gasteiger charge is 2.17. The van der Waals surface area contributed by atoms with E-state index in [-0.39, 0.29) is 5.78 Å². The first kappa shape index (κ1) is 12.8. The summed E-state index contributed by atoms with van der Waals surface area (Å²) in [5.74, 6) is 0.0817. The van der Waals surface area contributed by atoms with Crippen LogP contribution in [0.25, 0.3) is 0 Å². The molecule has 0 bridgehead atoms. The first-order chi connectivity index (χ1) is 8.20. The van der Waals surface area contributed by atoms with Crippen LogP contribution in [0.1, 0.15) is 42.5 Å². The molecule has 0 fully saturated rings. The maximum atomic E-state index is 12.4. The van der Waals surface area contributed by atoms with Crippen LogP contribution in [-0.2, 0) is 0 Å². The fourth-order valence-electron chi connectivity index (χ4n) is 2.07. The van der Waals surface area contributed by atoms with Crippen molar-refractivity contribution in [2.24, 2.45) is 0 Å². The molecule has 3 heteroatoms. The average Bonchev–Trinajstić information content (AvgIpc) is 2.60. The highest BCUT2D eigenvalue weighted by atomic mass is 79.9. The summed E-state index contributed by atoms with van der Waals surface area (Å²) >= 11 is 9.50. The third-order valence-electron chi connectivity index (χ3n) is 3.03. The van der Waals surface area contributed by atoms with Gasteiger partial charge in [0, 0.05) is 10.0 Å². The van der Waals surface area contributed by atoms with Crippen molar-refractivity contribution >= 4 is 33.3 Å². The Hall–Kier alpha value is -0.600. The fourth-order valence-corrected chi connectivity index (χ4v) is 2.65. The second-order valence-electron chi connectivity index (χ2n) is 4.26. The lowest BCUT2D eigenvalue weighted by atomic mass is 10.00. The van der Waals surface area contributed by atoms with Crippen molar-refractivity contribution in [1.29, 1.82) is 0 Å². The van der Waals surface area contributed by atoms with Crippen molar-refractivity contribution < 1.29 is 4.79 Å². The molecule has 1 aliphatic rings. The van der Waals surface area contributed by atoms with Gasteiger partial charge in [0.2, 0.25) is 0 Å². The van der Waals surface area contributed by atoms with Gasteiger partial charge in [0.1, 0.15) is 0 Å². The van der Waals surface area contributed by atoms with Crippen molar-refractivity contribution in [3.05, 3.63) is 44.9 Å². The van der Waals surface area contributed by atoms with Crippen molar-refractivity contribution in [3.8, 4) is 0 Å². The summed E-state index contributed by atoms with van der Waals surface area (Å²) in [6, 6.07) is 5.49. The highest BCUT2D eigenvalue weighted by Crippen LogP contribution is 2.29. The lowest BCUT2D eigenvalue weighted by Gasteiger charge is -2.07. The van der Waals surface area contributed by atoms with Gasteiger partial charge in [-0.2, -0.15) is 0 Å². The molecule has 0 amide bonds. The van der Waals surface area contributed by atoms with Gasteiger partial charge in [0.25, 0.3) is 0 Å². The summed E-state index contributed by atoms with van der Waals surface area (Å²) in [7, 11) is 0. The SMILES string of the molecule is O=C(C1=CCCCCC1)c1cccc(Br)c1Cl. The highest BCUT2D eigenvalue weighted by molar-refractivity contribution is 9.10. The topological polar surface area (TPSA) is 17.1 Å². The monoisotopic (exact) mass is 312 g/mol. The van der Waals surface area contributed by atoms with Crippen LogP contribution in [0.3, 0.4) is 0 Å². The van der Waals surface area contributed by atoms with Crippen LogP contribution in [0.15, 0.2) is 34.3 Å². The van der Waals surface area contributed by atoms with Gasteiger partial charge in [0.15, 0.2) is 5.78 Å². The van der Waals surface area contributed by atoms with Crippen molar-refractivity contribution in [2.75, 3.05) is 0 Å². The molecular weight excluding hydrogens is 300 g/mol. The third kappa shape index (κ3) is 2.99. The van der Waals surface area contributed by atoms with Gasteiger partial charge < -0.3 is 0 Å². The molecular formula is C14H14BrClO. The van der Waals surface area contributed by atoms with Crippen LogP contribution in [0, 0.1) is 0 Å². The average molecular weight is 314 g/mol. The molecule has 0 saturated carbocycles. The number of allylic oxidation sites excluding steroid dienone is 2. The van der Waals surface area contributed by atoms with E-state index in [1.54, 1.807) is 6.07 Å². The lowest BCUT2D eigenvalue weighted by molar-refractivity contribution is 0.103. The van der Waals surface area contributed by atoms with Crippen LogP contribution < -0.4 is 0 Å². The molecule has 90 valence electrons. The Morgan fingerprint density at radius 1 is 1.24 bits per heavy atom. The van der Waals surface area contributed by atoms with E-state index in [1.807, 2.05) is 12.1 Å². The summed E-state index contributed by atoms with van der Waals surface area (Å²) < 4.78 is 0.777. The summed E-state index contributed by atoms with van der Waals surface area (Å²) in [6.45, 7) is 0. The van der Waals surface area contributed by atoms with Gasteiger partial charge in [-0.1, -0.05) is 30.2 Å². The Morgan fingerprint density at radius 3 is 2.88 bits per heavy atom. The van der Waals surface area contributed by atoms with E-state index in [4.69, 9.17) is 11.6 Å². The van der Waals surface area contributed by atoms with E-state index in [1.165, 1.54) is 12.8 Å². The van der Waals surface area contributed by atoms with Crippen LogP contribution in [0.2, 0.25) is 5.02 Å². The summed E-state index contributed by atoms with van der Waals surface area (Å²) in [5, 5.41) is 0.516. The predicted molar refractivity (Wildman–Crippen MR) is 74.7 cm³/mol. The molecule has 1 aromatic rings. The molecule has 0 heterocycles. The van der Waals surface area contributed by atoms with Crippen molar-refractivity contribution in [2.45, 2.75) is 32.1 Å². The zero-order valence-corrected chi connectivity index (χ0v) is 11.9. The summed E-state index contributed by atoms with van der Waals surface area (Å²) in [6.07, 6.45) is 7.45. The molecule has 0 aromatic heterocycles. The zero-order chi connectivity index (χ0) is 12.3. The van der Waals surface area contributed by atoms with Gasteiger partial charge in [-0.05, 0) is 59.3 Å². The van der Waals surface area contributed by atoms with E-state index in [2.05, 4.69) is 22.0 Å². The molecule has 1 aliphatic carbocycles. The number of hydrogen-bond acceptors (Lipinski definition) is 1. The van der Waals surface area contributed by atoms with Gasteiger partial charge in [-0.25, -0.2) is 0 Å². The number of benzene rings is 1. The molecule has 0 saturated heterocycles. The molecule has 0 N–H and O–H groups in total. The van der Waals surface area contributed by atoms with E-state index in [9.17, 15) is 4.79 Å². The maximum Gasteiger partial charge on any atom is 0.190 e. The predicted octanol–water partition coefficient (Wildman–Crippen LogP) is 5.18. The van der Waals surface area contributed by atoms with Gasteiger partial charge in [0.05, 0.1) is 5.02 Å². The number of hydrogen-bond donors (Lipinski definition) is 0. The molecule has 0 aliphatic heterocycles. The number of carbonyl (C=O) groups is 1. The van der Waals surface area contributed by atoms with Crippen molar-refractivity contribution in [3.63, 3.8) is 0 Å². The van der Waals surface area contributed by atoms with Gasteiger partial charge >= 0.3 is 0 Å². The normalized spacial score (nSPS) is 16.2. The first-order valence-electron chi connectivity index (χ1n) is 5.88. The van der Waals surface area contributed by atoms with Crippen LogP contribution in [0.5, 0.6) is 0 Å². The molecule has 0 atom stereocenters. The minimum atomic E-state index is 0.0817. The summed E-state index contributed by atoms with van der Waals surface area (Å²) in [5.41, 5.74) is 1.52. The second-order valence-corrected chi connectivity index (χ2v) is 5.49. The van der Waals surface area contributed by atoms with E-state index >= 15 is 0 Å². The van der Waals surface area contributed by atoms with Crippen molar-refractivity contribution in [1.82, 2.24) is 0 Å². The molecule has 1 aromatic carbocycles. The number of carbonyl (C=O) groups excluding carboxylic acids is 1. The zero-order valence-electron chi connectivity index (χ0n) is 9.51.